The molecule has 0 aliphatic rings. The van der Waals surface area contributed by atoms with Gasteiger partial charge < -0.3 is 10.4 Å². The highest BCUT2D eigenvalue weighted by Gasteiger charge is 2.01. The van der Waals surface area contributed by atoms with E-state index < -0.39 is 5.97 Å². The van der Waals surface area contributed by atoms with Crippen molar-refractivity contribution in [3.05, 3.63) is 70.2 Å². The third-order valence-electron chi connectivity index (χ3n) is 2.98. The van der Waals surface area contributed by atoms with Crippen molar-refractivity contribution in [2.75, 3.05) is 0 Å². The standard InChI is InChI=1S/C16H16ClNO2/c17-15-4-2-1-3-14(15)11-18-10-13-7-5-12(6-8-13)9-16(19)20/h1-8,18H,9-11H2,(H,19,20). The fourth-order valence-corrected chi connectivity index (χ4v) is 2.14. The molecule has 20 heavy (non-hydrogen) atoms. The van der Waals surface area contributed by atoms with Gasteiger partial charge in [-0.1, -0.05) is 54.1 Å². The molecule has 0 saturated heterocycles. The van der Waals surface area contributed by atoms with Crippen LogP contribution < -0.4 is 5.32 Å². The van der Waals surface area contributed by atoms with E-state index >= 15 is 0 Å². The first-order valence-electron chi connectivity index (χ1n) is 6.39. The van der Waals surface area contributed by atoms with Crippen molar-refractivity contribution in [2.24, 2.45) is 0 Å². The monoisotopic (exact) mass is 289 g/mol. The van der Waals surface area contributed by atoms with E-state index in [0.717, 1.165) is 28.3 Å². The Kier molecular flexibility index (Phi) is 5.16. The van der Waals surface area contributed by atoms with E-state index in [0.29, 0.717) is 6.54 Å². The average molecular weight is 290 g/mol. The SMILES string of the molecule is O=C(O)Cc1ccc(CNCc2ccccc2Cl)cc1. The lowest BCUT2D eigenvalue weighted by Gasteiger charge is -2.07. The summed E-state index contributed by atoms with van der Waals surface area (Å²) in [6.07, 6.45) is 0.0628. The van der Waals surface area contributed by atoms with E-state index in [4.69, 9.17) is 16.7 Å². The van der Waals surface area contributed by atoms with Crippen molar-refractivity contribution >= 4 is 17.6 Å². The predicted octanol–water partition coefficient (Wildman–Crippen LogP) is 3.26. The van der Waals surface area contributed by atoms with Crippen molar-refractivity contribution in [1.82, 2.24) is 5.32 Å². The van der Waals surface area contributed by atoms with Crippen LogP contribution in [0.15, 0.2) is 48.5 Å². The number of carboxylic acids is 1. The van der Waals surface area contributed by atoms with Crippen LogP contribution in [0, 0.1) is 0 Å². The van der Waals surface area contributed by atoms with Crippen LogP contribution in [-0.2, 0) is 24.3 Å². The van der Waals surface area contributed by atoms with Crippen LogP contribution in [0.2, 0.25) is 5.02 Å². The van der Waals surface area contributed by atoms with Crippen LogP contribution in [0.5, 0.6) is 0 Å². The number of nitrogens with one attached hydrogen (secondary N) is 1. The number of aliphatic carboxylic acids is 1. The summed E-state index contributed by atoms with van der Waals surface area (Å²) in [5.41, 5.74) is 3.00. The largest absolute Gasteiger partial charge is 0.481 e. The molecule has 0 bridgehead atoms. The maximum atomic E-state index is 10.6. The van der Waals surface area contributed by atoms with E-state index in [2.05, 4.69) is 5.32 Å². The summed E-state index contributed by atoms with van der Waals surface area (Å²) in [4.78, 5) is 10.6. The maximum absolute atomic E-state index is 10.6. The molecule has 2 aromatic carbocycles. The highest BCUT2D eigenvalue weighted by molar-refractivity contribution is 6.31. The highest BCUT2D eigenvalue weighted by Crippen LogP contribution is 2.14. The van der Waals surface area contributed by atoms with Gasteiger partial charge in [-0.05, 0) is 22.8 Å². The molecule has 104 valence electrons. The first-order valence-corrected chi connectivity index (χ1v) is 6.76. The normalized spacial score (nSPS) is 10.4. The molecule has 0 unspecified atom stereocenters. The van der Waals surface area contributed by atoms with Crippen LogP contribution in [0.3, 0.4) is 0 Å². The minimum absolute atomic E-state index is 0.0628. The van der Waals surface area contributed by atoms with Gasteiger partial charge in [0.2, 0.25) is 0 Å². The second-order valence-corrected chi connectivity index (χ2v) is 4.99. The lowest BCUT2D eigenvalue weighted by molar-refractivity contribution is -0.136. The second-order valence-electron chi connectivity index (χ2n) is 4.58. The first-order chi connectivity index (χ1) is 9.65. The van der Waals surface area contributed by atoms with Crippen molar-refractivity contribution in [1.29, 1.82) is 0 Å². The van der Waals surface area contributed by atoms with Gasteiger partial charge in [0.05, 0.1) is 6.42 Å². The number of rotatable bonds is 6. The van der Waals surface area contributed by atoms with Crippen LogP contribution in [0.4, 0.5) is 0 Å². The number of halogens is 1. The zero-order valence-corrected chi connectivity index (χ0v) is 11.7. The van der Waals surface area contributed by atoms with Crippen LogP contribution in [-0.4, -0.2) is 11.1 Å². The Balaban J connectivity index is 1.85. The summed E-state index contributed by atoms with van der Waals surface area (Å²) in [6.45, 7) is 1.43. The van der Waals surface area contributed by atoms with Crippen LogP contribution in [0.25, 0.3) is 0 Å². The maximum Gasteiger partial charge on any atom is 0.307 e. The van der Waals surface area contributed by atoms with E-state index in [9.17, 15) is 4.79 Å². The molecule has 0 aliphatic carbocycles. The molecule has 4 heteroatoms. The Hall–Kier alpha value is -1.84. The molecule has 0 fully saturated rings. The Morgan fingerprint density at radius 1 is 1.00 bits per heavy atom. The zero-order chi connectivity index (χ0) is 14.4. The van der Waals surface area contributed by atoms with Gasteiger partial charge in [-0.3, -0.25) is 4.79 Å². The van der Waals surface area contributed by atoms with E-state index in [1.54, 1.807) is 0 Å². The quantitative estimate of drug-likeness (QED) is 0.858. The summed E-state index contributed by atoms with van der Waals surface area (Å²) in [5.74, 6) is -0.811. The number of carboxylic acid groups (broad SMARTS) is 1. The van der Waals surface area contributed by atoms with Crippen molar-refractivity contribution in [3.8, 4) is 0 Å². The summed E-state index contributed by atoms with van der Waals surface area (Å²) < 4.78 is 0. The lowest BCUT2D eigenvalue weighted by Crippen LogP contribution is -2.13. The minimum atomic E-state index is -0.811. The van der Waals surface area contributed by atoms with Gasteiger partial charge in [-0.15, -0.1) is 0 Å². The Morgan fingerprint density at radius 2 is 1.65 bits per heavy atom. The summed E-state index contributed by atoms with van der Waals surface area (Å²) >= 11 is 6.08. The van der Waals surface area contributed by atoms with Gasteiger partial charge >= 0.3 is 5.97 Å². The molecule has 0 radical (unpaired) electrons. The van der Waals surface area contributed by atoms with Crippen molar-refractivity contribution in [3.63, 3.8) is 0 Å². The first kappa shape index (κ1) is 14.6. The average Bonchev–Trinajstić information content (AvgIpc) is 2.42. The highest BCUT2D eigenvalue weighted by atomic mass is 35.5. The molecule has 0 aromatic heterocycles. The van der Waals surface area contributed by atoms with Crippen molar-refractivity contribution in [2.45, 2.75) is 19.5 Å². The van der Waals surface area contributed by atoms with E-state index in [1.807, 2.05) is 48.5 Å². The van der Waals surface area contributed by atoms with Gasteiger partial charge in [-0.25, -0.2) is 0 Å². The Bertz CT molecular complexity index is 581. The molecule has 0 atom stereocenters. The molecular formula is C16H16ClNO2. The second kappa shape index (κ2) is 7.08. The lowest BCUT2D eigenvalue weighted by atomic mass is 10.1. The minimum Gasteiger partial charge on any atom is -0.481 e. The van der Waals surface area contributed by atoms with E-state index in [1.165, 1.54) is 0 Å². The molecule has 0 heterocycles. The van der Waals surface area contributed by atoms with Crippen molar-refractivity contribution < 1.29 is 9.90 Å². The van der Waals surface area contributed by atoms with E-state index in [-0.39, 0.29) is 6.42 Å². The molecule has 2 rings (SSSR count). The molecule has 0 aliphatic heterocycles. The smallest absolute Gasteiger partial charge is 0.307 e. The molecule has 2 aromatic rings. The van der Waals surface area contributed by atoms with Crippen LogP contribution in [0.1, 0.15) is 16.7 Å². The van der Waals surface area contributed by atoms with Gasteiger partial charge in [0.15, 0.2) is 0 Å². The summed E-state index contributed by atoms with van der Waals surface area (Å²) in [7, 11) is 0. The fraction of sp³-hybridized carbons (Fsp3) is 0.188. The van der Waals surface area contributed by atoms with Gasteiger partial charge in [0.25, 0.3) is 0 Å². The number of carbonyl (C=O) groups is 1. The zero-order valence-electron chi connectivity index (χ0n) is 11.0. The topological polar surface area (TPSA) is 49.3 Å². The molecular weight excluding hydrogens is 274 g/mol. The number of hydrogen-bond donors (Lipinski definition) is 2. The fourth-order valence-electron chi connectivity index (χ4n) is 1.93. The Morgan fingerprint density at radius 3 is 2.30 bits per heavy atom. The van der Waals surface area contributed by atoms with Gasteiger partial charge in [0, 0.05) is 18.1 Å². The third-order valence-corrected chi connectivity index (χ3v) is 3.35. The van der Waals surface area contributed by atoms with Gasteiger partial charge in [-0.2, -0.15) is 0 Å². The van der Waals surface area contributed by atoms with Gasteiger partial charge in [0.1, 0.15) is 0 Å². The number of benzene rings is 2. The molecule has 0 saturated carbocycles. The molecule has 0 amide bonds. The summed E-state index contributed by atoms with van der Waals surface area (Å²) in [6, 6.07) is 15.3. The molecule has 3 nitrogen and oxygen atoms in total. The third kappa shape index (κ3) is 4.37. The Labute approximate surface area is 123 Å². The number of hydrogen-bond acceptors (Lipinski definition) is 2. The predicted molar refractivity (Wildman–Crippen MR) is 79.8 cm³/mol. The van der Waals surface area contributed by atoms with Crippen LogP contribution >= 0.6 is 11.6 Å². The molecule has 2 N–H and O–H groups in total. The summed E-state index contributed by atoms with van der Waals surface area (Å²) in [5, 5.41) is 12.8. The molecule has 0 spiro atoms.